The third-order valence-corrected chi connectivity index (χ3v) is 11.6. The van der Waals surface area contributed by atoms with Gasteiger partial charge in [-0.2, -0.15) is 0 Å². The number of aromatic nitrogens is 1. The zero-order valence-electron chi connectivity index (χ0n) is 22.0. The lowest BCUT2D eigenvalue weighted by Crippen LogP contribution is -2.44. The Morgan fingerprint density at radius 2 is 1.69 bits per heavy atom. The van der Waals surface area contributed by atoms with Crippen molar-refractivity contribution in [2.24, 2.45) is 0 Å². The van der Waals surface area contributed by atoms with Gasteiger partial charge < -0.3 is 24.9 Å². The van der Waals surface area contributed by atoms with Gasteiger partial charge in [-0.05, 0) is 60.3 Å². The molecule has 0 aliphatic heterocycles. The number of hydrogen-bond donors (Lipinski definition) is 4. The van der Waals surface area contributed by atoms with Gasteiger partial charge >= 0.3 is 5.97 Å². The van der Waals surface area contributed by atoms with Crippen LogP contribution in [-0.2, 0) is 22.1 Å². The van der Waals surface area contributed by atoms with Crippen LogP contribution in [0.25, 0.3) is 10.9 Å². The summed E-state index contributed by atoms with van der Waals surface area (Å²) in [6.45, 7) is 13.7. The van der Waals surface area contributed by atoms with Crippen molar-refractivity contribution in [1.82, 2.24) is 10.3 Å². The number of benzene rings is 2. The normalized spacial score (nSPS) is 14.1. The first-order valence-corrected chi connectivity index (χ1v) is 15.2. The summed E-state index contributed by atoms with van der Waals surface area (Å²) >= 11 is 0. The number of phenols is 1. The number of carboxylic acid groups (broad SMARTS) is 1. The van der Waals surface area contributed by atoms with Crippen LogP contribution >= 0.6 is 0 Å². The molecule has 4 N–H and O–H groups in total. The Morgan fingerprint density at radius 1 is 1.06 bits per heavy atom. The van der Waals surface area contributed by atoms with E-state index in [0.717, 1.165) is 28.5 Å². The highest BCUT2D eigenvalue weighted by Gasteiger charge is 2.39. The molecule has 0 bridgehead atoms. The first-order valence-electron chi connectivity index (χ1n) is 12.3. The number of fused-ring (bicyclic) bond motifs is 1. The zero-order chi connectivity index (χ0) is 26.7. The molecule has 1 heterocycles. The molecular formula is C28H38N2O5Si. The van der Waals surface area contributed by atoms with Crippen molar-refractivity contribution in [3.63, 3.8) is 0 Å². The third kappa shape index (κ3) is 6.84. The largest absolute Gasteiger partial charge is 0.506 e. The number of pyridine rings is 1. The second kappa shape index (κ2) is 11.0. The highest BCUT2D eigenvalue weighted by atomic mass is 28.4. The van der Waals surface area contributed by atoms with Gasteiger partial charge in [0.1, 0.15) is 5.75 Å². The van der Waals surface area contributed by atoms with Crippen LogP contribution in [0.2, 0.25) is 18.1 Å². The summed E-state index contributed by atoms with van der Waals surface area (Å²) in [4.78, 5) is 25.6. The molecule has 0 saturated carbocycles. The molecule has 0 aliphatic carbocycles. The molecule has 0 amide bonds. The molecule has 0 saturated heterocycles. The van der Waals surface area contributed by atoms with Crippen LogP contribution in [0.4, 0.5) is 0 Å². The minimum atomic E-state index is -2.15. The number of aromatic amines is 1. The van der Waals surface area contributed by atoms with E-state index < -0.39 is 14.3 Å². The number of phenolic OH excluding ortho intramolecular Hbond substituents is 1. The van der Waals surface area contributed by atoms with Crippen LogP contribution in [0, 0.1) is 0 Å². The van der Waals surface area contributed by atoms with Gasteiger partial charge in [-0.25, -0.2) is 0 Å². The van der Waals surface area contributed by atoms with Crippen molar-refractivity contribution >= 4 is 25.2 Å². The maximum Gasteiger partial charge on any atom is 0.307 e. The van der Waals surface area contributed by atoms with Gasteiger partial charge in [0.15, 0.2) is 8.32 Å². The van der Waals surface area contributed by atoms with E-state index in [-0.39, 0.29) is 34.9 Å². The van der Waals surface area contributed by atoms with Gasteiger partial charge in [-0.3, -0.25) is 9.59 Å². The standard InChI is InChI=1S/C28H38N2O5Si/c1-18(15-19-7-9-20(10-8-19)16-26(33)34)29-17-24(35-36(5,6)28(2,3)4)21-11-13-23(31)27-22(21)12-14-25(32)30-27/h7-14,18,24,29,31H,15-17H2,1-6H3,(H,30,32)(H,33,34)/t18-,24-/m1/s1. The summed E-state index contributed by atoms with van der Waals surface area (Å²) in [7, 11) is -2.15. The Morgan fingerprint density at radius 3 is 2.31 bits per heavy atom. The first-order chi connectivity index (χ1) is 16.8. The lowest BCUT2D eigenvalue weighted by Gasteiger charge is -2.40. The second-order valence-electron chi connectivity index (χ2n) is 11.1. The van der Waals surface area contributed by atoms with E-state index >= 15 is 0 Å². The van der Waals surface area contributed by atoms with Crippen molar-refractivity contribution < 1.29 is 19.4 Å². The number of rotatable bonds is 10. The Labute approximate surface area is 213 Å². The van der Waals surface area contributed by atoms with E-state index in [0.29, 0.717) is 12.1 Å². The van der Waals surface area contributed by atoms with E-state index in [1.54, 1.807) is 12.1 Å². The molecule has 1 aromatic heterocycles. The molecular weight excluding hydrogens is 472 g/mol. The fraction of sp³-hybridized carbons (Fsp3) is 0.429. The molecule has 0 fully saturated rings. The minimum absolute atomic E-state index is 0.00952. The fourth-order valence-electron chi connectivity index (χ4n) is 3.99. The summed E-state index contributed by atoms with van der Waals surface area (Å²) in [5.74, 6) is -0.804. The number of aromatic hydroxyl groups is 1. The highest BCUT2D eigenvalue weighted by Crippen LogP contribution is 2.41. The van der Waals surface area contributed by atoms with Gasteiger partial charge in [0.2, 0.25) is 5.56 Å². The molecule has 0 radical (unpaired) electrons. The summed E-state index contributed by atoms with van der Waals surface area (Å²) in [6, 6.07) is 14.5. The number of H-pyrrole nitrogens is 1. The molecule has 8 heteroatoms. The van der Waals surface area contributed by atoms with Crippen LogP contribution in [0.3, 0.4) is 0 Å². The summed E-state index contributed by atoms with van der Waals surface area (Å²) in [5, 5.41) is 23.7. The highest BCUT2D eigenvalue weighted by molar-refractivity contribution is 6.74. The number of aliphatic carboxylic acids is 1. The predicted octanol–water partition coefficient (Wildman–Crippen LogP) is 5.14. The van der Waals surface area contributed by atoms with Gasteiger partial charge in [0.25, 0.3) is 0 Å². The summed E-state index contributed by atoms with van der Waals surface area (Å²) < 4.78 is 6.87. The average molecular weight is 511 g/mol. The van der Waals surface area contributed by atoms with Crippen molar-refractivity contribution in [2.75, 3.05) is 6.54 Å². The topological polar surface area (TPSA) is 112 Å². The van der Waals surface area contributed by atoms with Crippen LogP contribution in [0.1, 0.15) is 50.5 Å². The lowest BCUT2D eigenvalue weighted by atomic mass is 10.0. The monoisotopic (exact) mass is 510 g/mol. The number of nitrogens with one attached hydrogen (secondary N) is 2. The van der Waals surface area contributed by atoms with Crippen LogP contribution in [-0.4, -0.2) is 42.1 Å². The lowest BCUT2D eigenvalue weighted by molar-refractivity contribution is -0.136. The second-order valence-corrected chi connectivity index (χ2v) is 15.8. The van der Waals surface area contributed by atoms with Crippen LogP contribution in [0.5, 0.6) is 5.75 Å². The summed E-state index contributed by atoms with van der Waals surface area (Å²) in [5.41, 5.74) is 2.98. The van der Waals surface area contributed by atoms with Gasteiger partial charge in [0, 0.05) is 24.0 Å². The molecule has 0 aliphatic rings. The number of carboxylic acids is 1. The molecule has 3 aromatic rings. The van der Waals surface area contributed by atoms with Crippen LogP contribution in [0.15, 0.2) is 53.3 Å². The smallest absolute Gasteiger partial charge is 0.307 e. The van der Waals surface area contributed by atoms with Crippen molar-refractivity contribution in [3.05, 3.63) is 75.6 Å². The Hall–Kier alpha value is -2.94. The molecule has 3 rings (SSSR count). The molecule has 36 heavy (non-hydrogen) atoms. The predicted molar refractivity (Wildman–Crippen MR) is 146 cm³/mol. The SMILES string of the molecule is C[C@H](Cc1ccc(CC(=O)O)cc1)NC[C@@H](O[Si](C)(C)C(C)(C)C)c1ccc(O)c2[nH]c(=O)ccc12. The van der Waals surface area contributed by atoms with E-state index in [1.165, 1.54) is 6.07 Å². The minimum Gasteiger partial charge on any atom is -0.506 e. The maximum absolute atomic E-state index is 11.9. The van der Waals surface area contributed by atoms with E-state index in [4.69, 9.17) is 9.53 Å². The maximum atomic E-state index is 11.9. The van der Waals surface area contributed by atoms with E-state index in [2.05, 4.69) is 51.1 Å². The van der Waals surface area contributed by atoms with Crippen molar-refractivity contribution in [3.8, 4) is 5.75 Å². The van der Waals surface area contributed by atoms with Crippen molar-refractivity contribution in [1.29, 1.82) is 0 Å². The average Bonchev–Trinajstić information content (AvgIpc) is 2.77. The molecule has 0 spiro atoms. The quantitative estimate of drug-likeness (QED) is 0.281. The van der Waals surface area contributed by atoms with E-state index in [9.17, 15) is 14.7 Å². The van der Waals surface area contributed by atoms with Gasteiger partial charge in [-0.15, -0.1) is 0 Å². The van der Waals surface area contributed by atoms with Gasteiger partial charge in [-0.1, -0.05) is 51.1 Å². The zero-order valence-corrected chi connectivity index (χ0v) is 23.0. The molecule has 7 nitrogen and oxygen atoms in total. The molecule has 194 valence electrons. The molecule has 2 atom stereocenters. The molecule has 0 unspecified atom stereocenters. The first kappa shape index (κ1) is 27.6. The fourth-order valence-corrected chi connectivity index (χ4v) is 5.26. The van der Waals surface area contributed by atoms with Crippen LogP contribution < -0.4 is 10.9 Å². The number of carbonyl (C=O) groups is 1. The molecule has 2 aromatic carbocycles. The number of hydrogen-bond acceptors (Lipinski definition) is 5. The third-order valence-electron chi connectivity index (χ3n) is 7.07. The van der Waals surface area contributed by atoms with E-state index in [1.807, 2.05) is 30.3 Å². The van der Waals surface area contributed by atoms with Gasteiger partial charge in [0.05, 0.1) is 18.0 Å². The Kier molecular flexibility index (Phi) is 8.43. The Balaban J connectivity index is 1.84. The summed E-state index contributed by atoms with van der Waals surface area (Å²) in [6.07, 6.45) is 0.524. The Bertz CT molecular complexity index is 1260. The van der Waals surface area contributed by atoms with Crippen molar-refractivity contribution in [2.45, 2.75) is 70.8 Å².